The summed E-state index contributed by atoms with van der Waals surface area (Å²) in [4.78, 5) is 22.8. The standard InChI is InChI=1S/C14H19NO3/c1-4-10-5-7-11(8-6-10)12(14(17)18)15-13(16)9(2)3/h5-9,12H,4H2,1-3H3,(H,15,16)(H,17,18). The Hall–Kier alpha value is -1.84. The van der Waals surface area contributed by atoms with E-state index in [9.17, 15) is 9.59 Å². The van der Waals surface area contributed by atoms with Crippen LogP contribution in [0, 0.1) is 5.92 Å². The minimum absolute atomic E-state index is 0.234. The lowest BCUT2D eigenvalue weighted by Crippen LogP contribution is -2.36. The van der Waals surface area contributed by atoms with Crippen molar-refractivity contribution in [3.05, 3.63) is 35.4 Å². The van der Waals surface area contributed by atoms with Crippen molar-refractivity contribution in [3.8, 4) is 0 Å². The number of aryl methyl sites for hydroxylation is 1. The number of aliphatic carboxylic acids is 1. The molecule has 1 unspecified atom stereocenters. The first-order valence-electron chi connectivity index (χ1n) is 6.07. The van der Waals surface area contributed by atoms with Gasteiger partial charge in [0.1, 0.15) is 0 Å². The summed E-state index contributed by atoms with van der Waals surface area (Å²) in [7, 11) is 0. The molecular weight excluding hydrogens is 230 g/mol. The molecular formula is C14H19NO3. The number of carbonyl (C=O) groups excluding carboxylic acids is 1. The van der Waals surface area contributed by atoms with Crippen LogP contribution < -0.4 is 5.32 Å². The normalized spacial score (nSPS) is 12.2. The van der Waals surface area contributed by atoms with E-state index in [1.807, 2.05) is 19.1 Å². The van der Waals surface area contributed by atoms with Crippen LogP contribution in [0.2, 0.25) is 0 Å². The van der Waals surface area contributed by atoms with Gasteiger partial charge < -0.3 is 10.4 Å². The molecule has 0 fully saturated rings. The van der Waals surface area contributed by atoms with Gasteiger partial charge in [-0.2, -0.15) is 0 Å². The first kappa shape index (κ1) is 14.2. The van der Waals surface area contributed by atoms with Gasteiger partial charge in [0, 0.05) is 5.92 Å². The van der Waals surface area contributed by atoms with E-state index in [2.05, 4.69) is 5.32 Å². The molecule has 2 N–H and O–H groups in total. The Balaban J connectivity index is 2.90. The minimum Gasteiger partial charge on any atom is -0.479 e. The Morgan fingerprint density at radius 2 is 1.78 bits per heavy atom. The molecule has 0 aliphatic heterocycles. The van der Waals surface area contributed by atoms with Crippen LogP contribution in [0.4, 0.5) is 0 Å². The second-order valence-corrected chi connectivity index (χ2v) is 4.53. The first-order chi connectivity index (χ1) is 8.45. The summed E-state index contributed by atoms with van der Waals surface area (Å²) in [5.41, 5.74) is 1.73. The number of hydrogen-bond acceptors (Lipinski definition) is 2. The quantitative estimate of drug-likeness (QED) is 0.840. The van der Waals surface area contributed by atoms with Crippen LogP contribution in [-0.4, -0.2) is 17.0 Å². The van der Waals surface area contributed by atoms with Crippen molar-refractivity contribution in [1.29, 1.82) is 0 Å². The number of carbonyl (C=O) groups is 2. The van der Waals surface area contributed by atoms with Gasteiger partial charge in [0.15, 0.2) is 6.04 Å². The van der Waals surface area contributed by atoms with E-state index in [1.54, 1.807) is 26.0 Å². The van der Waals surface area contributed by atoms with Crippen LogP contribution >= 0.6 is 0 Å². The van der Waals surface area contributed by atoms with E-state index in [-0.39, 0.29) is 11.8 Å². The summed E-state index contributed by atoms with van der Waals surface area (Å²) < 4.78 is 0. The average molecular weight is 249 g/mol. The van der Waals surface area contributed by atoms with Crippen LogP contribution in [0.3, 0.4) is 0 Å². The van der Waals surface area contributed by atoms with Gasteiger partial charge in [0.2, 0.25) is 5.91 Å². The fourth-order valence-electron chi connectivity index (χ4n) is 1.54. The van der Waals surface area contributed by atoms with Crippen molar-refractivity contribution in [2.75, 3.05) is 0 Å². The van der Waals surface area contributed by atoms with Crippen LogP contribution in [-0.2, 0) is 16.0 Å². The molecule has 0 aliphatic carbocycles. The molecule has 1 aromatic rings. The first-order valence-corrected chi connectivity index (χ1v) is 6.07. The lowest BCUT2D eigenvalue weighted by atomic mass is 10.0. The molecule has 98 valence electrons. The van der Waals surface area contributed by atoms with E-state index in [0.29, 0.717) is 5.56 Å². The second kappa shape index (κ2) is 6.19. The Morgan fingerprint density at radius 3 is 2.17 bits per heavy atom. The molecule has 1 rings (SSSR count). The highest BCUT2D eigenvalue weighted by molar-refractivity contribution is 5.85. The van der Waals surface area contributed by atoms with Crippen molar-refractivity contribution in [1.82, 2.24) is 5.32 Å². The monoisotopic (exact) mass is 249 g/mol. The molecule has 0 heterocycles. The number of nitrogens with one attached hydrogen (secondary N) is 1. The smallest absolute Gasteiger partial charge is 0.330 e. The van der Waals surface area contributed by atoms with Gasteiger partial charge in [-0.3, -0.25) is 4.79 Å². The summed E-state index contributed by atoms with van der Waals surface area (Å²) in [5, 5.41) is 11.7. The third-order valence-corrected chi connectivity index (χ3v) is 2.78. The van der Waals surface area contributed by atoms with Gasteiger partial charge in [0.25, 0.3) is 0 Å². The molecule has 0 aromatic heterocycles. The van der Waals surface area contributed by atoms with Crippen LogP contribution in [0.25, 0.3) is 0 Å². The molecule has 1 atom stereocenters. The molecule has 4 nitrogen and oxygen atoms in total. The molecule has 0 spiro atoms. The summed E-state index contributed by atoms with van der Waals surface area (Å²) in [6.07, 6.45) is 0.899. The zero-order valence-electron chi connectivity index (χ0n) is 10.9. The van der Waals surface area contributed by atoms with Gasteiger partial charge in [-0.25, -0.2) is 4.79 Å². The fourth-order valence-corrected chi connectivity index (χ4v) is 1.54. The van der Waals surface area contributed by atoms with Gasteiger partial charge in [-0.05, 0) is 17.5 Å². The van der Waals surface area contributed by atoms with Crippen LogP contribution in [0.1, 0.15) is 37.9 Å². The zero-order chi connectivity index (χ0) is 13.7. The highest BCUT2D eigenvalue weighted by atomic mass is 16.4. The van der Waals surface area contributed by atoms with Crippen molar-refractivity contribution < 1.29 is 14.7 Å². The summed E-state index contributed by atoms with van der Waals surface area (Å²) >= 11 is 0. The van der Waals surface area contributed by atoms with Crippen molar-refractivity contribution in [3.63, 3.8) is 0 Å². The summed E-state index contributed by atoms with van der Waals surface area (Å²) in [6.45, 7) is 5.49. The lowest BCUT2D eigenvalue weighted by molar-refractivity contribution is -0.142. The molecule has 0 radical (unpaired) electrons. The molecule has 0 saturated heterocycles. The Kier molecular flexibility index (Phi) is 4.89. The number of rotatable bonds is 5. The maximum atomic E-state index is 11.6. The highest BCUT2D eigenvalue weighted by Gasteiger charge is 2.22. The topological polar surface area (TPSA) is 66.4 Å². The largest absolute Gasteiger partial charge is 0.479 e. The van der Waals surface area contributed by atoms with Crippen LogP contribution in [0.5, 0.6) is 0 Å². The Bertz CT molecular complexity index is 423. The summed E-state index contributed by atoms with van der Waals surface area (Å²) in [5.74, 6) is -1.54. The van der Waals surface area contributed by atoms with E-state index in [1.165, 1.54) is 0 Å². The van der Waals surface area contributed by atoms with E-state index in [0.717, 1.165) is 12.0 Å². The average Bonchev–Trinajstić information content (AvgIpc) is 2.35. The maximum Gasteiger partial charge on any atom is 0.330 e. The molecule has 0 aliphatic rings. The molecule has 1 amide bonds. The maximum absolute atomic E-state index is 11.6. The number of benzene rings is 1. The van der Waals surface area contributed by atoms with Gasteiger partial charge in [-0.1, -0.05) is 45.0 Å². The molecule has 0 bridgehead atoms. The number of hydrogen-bond donors (Lipinski definition) is 2. The van der Waals surface area contributed by atoms with E-state index < -0.39 is 12.0 Å². The number of carboxylic acids is 1. The molecule has 18 heavy (non-hydrogen) atoms. The third-order valence-electron chi connectivity index (χ3n) is 2.78. The number of carboxylic acid groups (broad SMARTS) is 1. The predicted molar refractivity (Wildman–Crippen MR) is 69.2 cm³/mol. The molecule has 0 saturated carbocycles. The number of amides is 1. The zero-order valence-corrected chi connectivity index (χ0v) is 10.9. The summed E-state index contributed by atoms with van der Waals surface area (Å²) in [6, 6.07) is 6.28. The third kappa shape index (κ3) is 3.58. The molecule has 4 heteroatoms. The van der Waals surface area contributed by atoms with Crippen molar-refractivity contribution in [2.24, 2.45) is 5.92 Å². The van der Waals surface area contributed by atoms with Crippen molar-refractivity contribution in [2.45, 2.75) is 33.2 Å². The van der Waals surface area contributed by atoms with Gasteiger partial charge in [0.05, 0.1) is 0 Å². The van der Waals surface area contributed by atoms with Crippen molar-refractivity contribution >= 4 is 11.9 Å². The molecule has 1 aromatic carbocycles. The Labute approximate surface area is 107 Å². The predicted octanol–water partition coefficient (Wildman–Crippen LogP) is 2.15. The SMILES string of the molecule is CCc1ccc(C(NC(=O)C(C)C)C(=O)O)cc1. The fraction of sp³-hybridized carbons (Fsp3) is 0.429. The Morgan fingerprint density at radius 1 is 1.22 bits per heavy atom. The van der Waals surface area contributed by atoms with Gasteiger partial charge >= 0.3 is 5.97 Å². The van der Waals surface area contributed by atoms with Gasteiger partial charge in [-0.15, -0.1) is 0 Å². The van der Waals surface area contributed by atoms with E-state index >= 15 is 0 Å². The second-order valence-electron chi connectivity index (χ2n) is 4.53. The van der Waals surface area contributed by atoms with E-state index in [4.69, 9.17) is 5.11 Å². The van der Waals surface area contributed by atoms with Crippen LogP contribution in [0.15, 0.2) is 24.3 Å². The lowest BCUT2D eigenvalue weighted by Gasteiger charge is -2.16. The minimum atomic E-state index is -1.05. The highest BCUT2D eigenvalue weighted by Crippen LogP contribution is 2.15.